The molecule has 20 nitrogen and oxygen atoms in total. The van der Waals surface area contributed by atoms with Crippen LogP contribution in [0.5, 0.6) is 0 Å². The molecule has 7 rings (SSSR count). The van der Waals surface area contributed by atoms with Crippen molar-refractivity contribution < 1.29 is 60.1 Å². The Hall–Kier alpha value is -3.56. The molecule has 246 valence electrons. The zero-order valence-electron chi connectivity index (χ0n) is 22.9. The van der Waals surface area contributed by atoms with Gasteiger partial charge in [-0.2, -0.15) is 0 Å². The third kappa shape index (κ3) is 5.35. The van der Waals surface area contributed by atoms with E-state index in [9.17, 15) is 23.7 Å². The third-order valence-electron chi connectivity index (χ3n) is 7.52. The van der Waals surface area contributed by atoms with Crippen molar-refractivity contribution in [3.05, 3.63) is 36.4 Å². The fourth-order valence-electron chi connectivity index (χ4n) is 5.43. The first-order valence-electron chi connectivity index (χ1n) is 13.3. The molecule has 1 amide bonds. The number of carbonyl (C=O) groups is 1. The molecular formula is C22H23F2N9O11P2. The Morgan fingerprint density at radius 2 is 1.63 bits per heavy atom. The van der Waals surface area contributed by atoms with Gasteiger partial charge in [0.2, 0.25) is 0 Å². The number of nitrogens with two attached hydrogens (primary N) is 2. The Morgan fingerprint density at radius 1 is 0.935 bits per heavy atom. The monoisotopic (exact) mass is 689 g/mol. The zero-order chi connectivity index (χ0) is 32.5. The SMILES string of the molecule is NC(=O)c1cccc2c1nnn2[C@@H]1O[C@@H]2COP(=O)(O)O[C@H]3[C@@H](F)[C@H](n4cnc5c(N)ncnc54)O[C@@H]3COP(=O)(O)O[C@@H]1[C@@H]2F. The normalized spacial score (nSPS) is 37.0. The highest BCUT2D eigenvalue weighted by molar-refractivity contribution is 7.47. The highest BCUT2D eigenvalue weighted by Crippen LogP contribution is 2.54. The van der Waals surface area contributed by atoms with E-state index in [2.05, 4.69) is 25.3 Å². The van der Waals surface area contributed by atoms with Crippen molar-refractivity contribution in [2.45, 2.75) is 49.2 Å². The number of hydrogen-bond acceptors (Lipinski definition) is 15. The summed E-state index contributed by atoms with van der Waals surface area (Å²) in [6.07, 6.45) is -12.7. The Bertz CT molecular complexity index is 1930. The lowest BCUT2D eigenvalue weighted by molar-refractivity contribution is -0.0705. The van der Waals surface area contributed by atoms with Gasteiger partial charge < -0.3 is 30.7 Å². The number of benzene rings is 1. The number of hydrogen-bond donors (Lipinski definition) is 4. The van der Waals surface area contributed by atoms with Gasteiger partial charge in [0.1, 0.15) is 41.8 Å². The minimum Gasteiger partial charge on any atom is -0.382 e. The quantitative estimate of drug-likeness (QED) is 0.212. The van der Waals surface area contributed by atoms with Crippen LogP contribution in [0.1, 0.15) is 22.8 Å². The van der Waals surface area contributed by atoms with Gasteiger partial charge >= 0.3 is 15.6 Å². The number of nitrogen functional groups attached to an aromatic ring is 1. The standard InChI is InChI=1S/C22H23F2N9O11P2/c23-12-10-4-39-45(35,36)43-16-11(42-21(13(16)24)32-7-29-15-18(25)27-6-28-20(15)32)5-40-46(37,38)44-17(12)22(41-10)33-9-3-1-2-8(19(26)34)14(9)30-31-33/h1-3,6-7,10-13,16-17,21-22H,4-5H2,(H2,26,34)(H,35,36)(H,37,38)(H2,25,27,28)/t10-,11-,12-,13-,16-,17-,21-,22-/m1/s1. The number of phosphoric acid groups is 2. The molecule has 0 saturated carbocycles. The molecule has 3 aliphatic heterocycles. The van der Waals surface area contributed by atoms with E-state index < -0.39 is 84.0 Å². The minimum absolute atomic E-state index is 0.0122. The van der Waals surface area contributed by atoms with Crippen LogP contribution in [0, 0.1) is 0 Å². The van der Waals surface area contributed by atoms with Crippen LogP contribution in [0.3, 0.4) is 0 Å². The van der Waals surface area contributed by atoms with E-state index in [4.69, 9.17) is 39.0 Å². The number of aromatic nitrogens is 7. The van der Waals surface area contributed by atoms with Gasteiger partial charge in [-0.3, -0.25) is 27.5 Å². The highest BCUT2D eigenvalue weighted by Gasteiger charge is 2.55. The predicted octanol–water partition coefficient (Wildman–Crippen LogP) is 0.441. The molecule has 0 spiro atoms. The molecule has 3 aromatic heterocycles. The number of imidazole rings is 1. The minimum atomic E-state index is -5.23. The molecule has 0 aliphatic carbocycles. The second-order valence-corrected chi connectivity index (χ2v) is 13.2. The summed E-state index contributed by atoms with van der Waals surface area (Å²) in [7, 11) is -10.4. The first-order valence-corrected chi connectivity index (χ1v) is 16.3. The van der Waals surface area contributed by atoms with Crippen LogP contribution < -0.4 is 11.5 Å². The van der Waals surface area contributed by atoms with E-state index in [1.54, 1.807) is 0 Å². The molecule has 10 atom stereocenters. The summed E-state index contributed by atoms with van der Waals surface area (Å²) in [6, 6.07) is 4.25. The van der Waals surface area contributed by atoms with Crippen molar-refractivity contribution >= 4 is 49.6 Å². The van der Waals surface area contributed by atoms with E-state index in [1.165, 1.54) is 18.2 Å². The predicted molar refractivity (Wildman–Crippen MR) is 145 cm³/mol. The number of amides is 1. The lowest BCUT2D eigenvalue weighted by Gasteiger charge is -2.25. The fourth-order valence-corrected chi connectivity index (χ4v) is 7.31. The van der Waals surface area contributed by atoms with Crippen LogP contribution >= 0.6 is 15.6 Å². The van der Waals surface area contributed by atoms with E-state index in [0.29, 0.717) is 0 Å². The molecule has 2 bridgehead atoms. The van der Waals surface area contributed by atoms with Gasteiger partial charge in [-0.15, -0.1) is 5.10 Å². The zero-order valence-corrected chi connectivity index (χ0v) is 24.7. The molecule has 1 aromatic carbocycles. The van der Waals surface area contributed by atoms with Crippen LogP contribution in [-0.4, -0.2) is 100 Å². The van der Waals surface area contributed by atoms with Crippen molar-refractivity contribution in [2.24, 2.45) is 5.73 Å². The second-order valence-electron chi connectivity index (χ2n) is 10.3. The number of fused-ring (bicyclic) bond motifs is 5. The molecule has 24 heteroatoms. The molecular weight excluding hydrogens is 666 g/mol. The topological polar surface area (TPSA) is 273 Å². The number of halogens is 2. The Balaban J connectivity index is 1.20. The number of anilines is 1. The summed E-state index contributed by atoms with van der Waals surface area (Å²) in [6.45, 7) is -1.92. The first kappa shape index (κ1) is 31.1. The summed E-state index contributed by atoms with van der Waals surface area (Å²) < 4.78 is 91.6. The van der Waals surface area contributed by atoms with Crippen LogP contribution in [0.25, 0.3) is 22.2 Å². The largest absolute Gasteiger partial charge is 0.472 e. The average Bonchev–Trinajstić information content (AvgIpc) is 3.76. The van der Waals surface area contributed by atoms with Crippen molar-refractivity contribution in [1.82, 2.24) is 34.5 Å². The molecule has 0 radical (unpaired) electrons. The summed E-state index contributed by atoms with van der Waals surface area (Å²) in [5.41, 5.74) is 11.4. The summed E-state index contributed by atoms with van der Waals surface area (Å²) in [4.78, 5) is 44.9. The maximum Gasteiger partial charge on any atom is 0.472 e. The number of rotatable bonds is 3. The van der Waals surface area contributed by atoms with Crippen LogP contribution in [0.4, 0.5) is 14.6 Å². The van der Waals surface area contributed by atoms with Gasteiger partial charge in [0.25, 0.3) is 5.91 Å². The molecule has 6 N–H and O–H groups in total. The summed E-state index contributed by atoms with van der Waals surface area (Å²) in [5.74, 6) is -0.850. The number of phosphoric ester groups is 2. The van der Waals surface area contributed by atoms with Gasteiger partial charge in [0.15, 0.2) is 36.3 Å². The molecule has 46 heavy (non-hydrogen) atoms. The number of primary amides is 1. The highest BCUT2D eigenvalue weighted by atomic mass is 31.2. The number of ether oxygens (including phenoxy) is 2. The van der Waals surface area contributed by atoms with Crippen LogP contribution in [0.2, 0.25) is 0 Å². The van der Waals surface area contributed by atoms with Crippen molar-refractivity contribution in [3.8, 4) is 0 Å². The van der Waals surface area contributed by atoms with Crippen molar-refractivity contribution in [3.63, 3.8) is 0 Å². The van der Waals surface area contributed by atoms with E-state index >= 15 is 8.78 Å². The third-order valence-corrected chi connectivity index (χ3v) is 9.49. The maximum absolute atomic E-state index is 15.9. The molecule has 3 aliphatic rings. The summed E-state index contributed by atoms with van der Waals surface area (Å²) in [5, 5.41) is 7.77. The van der Waals surface area contributed by atoms with E-state index in [-0.39, 0.29) is 33.6 Å². The average molecular weight is 689 g/mol. The lowest BCUT2D eigenvalue weighted by atomic mass is 10.1. The van der Waals surface area contributed by atoms with Crippen molar-refractivity contribution in [2.75, 3.05) is 18.9 Å². The Morgan fingerprint density at radius 3 is 2.37 bits per heavy atom. The van der Waals surface area contributed by atoms with Crippen LogP contribution in [-0.2, 0) is 36.7 Å². The van der Waals surface area contributed by atoms with Gasteiger partial charge in [0.05, 0.1) is 30.6 Å². The maximum atomic E-state index is 15.9. The first-order chi connectivity index (χ1) is 21.8. The van der Waals surface area contributed by atoms with Gasteiger partial charge in [-0.25, -0.2) is 37.5 Å². The number of nitrogens with zero attached hydrogens (tertiary/aromatic N) is 7. The molecule has 4 aromatic rings. The molecule has 3 fully saturated rings. The Kier molecular flexibility index (Phi) is 7.63. The van der Waals surface area contributed by atoms with Gasteiger partial charge in [-0.1, -0.05) is 11.3 Å². The van der Waals surface area contributed by atoms with Gasteiger partial charge in [-0.05, 0) is 12.1 Å². The Labute approximate surface area is 254 Å². The number of carbonyl (C=O) groups excluding carboxylic acids is 1. The fraction of sp³-hybridized carbons (Fsp3) is 0.455. The van der Waals surface area contributed by atoms with Gasteiger partial charge in [0, 0.05) is 0 Å². The van der Waals surface area contributed by atoms with Crippen molar-refractivity contribution in [1.29, 1.82) is 0 Å². The second kappa shape index (κ2) is 11.3. The molecule has 6 heterocycles. The summed E-state index contributed by atoms with van der Waals surface area (Å²) >= 11 is 0. The number of alkyl halides is 2. The van der Waals surface area contributed by atoms with E-state index in [1.807, 2.05) is 0 Å². The molecule has 2 unspecified atom stereocenters. The molecule has 3 saturated heterocycles. The van der Waals surface area contributed by atoms with Crippen LogP contribution in [0.15, 0.2) is 30.9 Å². The lowest BCUT2D eigenvalue weighted by Crippen LogP contribution is -2.34. The smallest absolute Gasteiger partial charge is 0.382 e. The van der Waals surface area contributed by atoms with E-state index in [0.717, 1.165) is 21.9 Å².